The van der Waals surface area contributed by atoms with Crippen molar-refractivity contribution in [2.75, 3.05) is 18.2 Å². The van der Waals surface area contributed by atoms with Gasteiger partial charge in [0.2, 0.25) is 5.82 Å². The van der Waals surface area contributed by atoms with E-state index in [1.807, 2.05) is 0 Å². The van der Waals surface area contributed by atoms with Gasteiger partial charge in [0.15, 0.2) is 0 Å². The van der Waals surface area contributed by atoms with Crippen molar-refractivity contribution in [1.82, 2.24) is 9.97 Å². The van der Waals surface area contributed by atoms with Crippen molar-refractivity contribution in [2.45, 2.75) is 12.8 Å². The molecule has 1 heterocycles. The molecule has 0 aliphatic rings. The lowest BCUT2D eigenvalue weighted by Gasteiger charge is -2.13. The third-order valence-electron chi connectivity index (χ3n) is 2.58. The lowest BCUT2D eigenvalue weighted by molar-refractivity contribution is -0.144. The molecule has 0 aliphatic heterocycles. The number of benzene rings is 1. The number of anilines is 3. The first kappa shape index (κ1) is 15.0. The van der Waals surface area contributed by atoms with Gasteiger partial charge in [-0.05, 0) is 6.07 Å². The first-order valence-electron chi connectivity index (χ1n) is 5.96. The smallest absolute Gasteiger partial charge is 0.384 e. The van der Waals surface area contributed by atoms with E-state index in [1.165, 1.54) is 13.2 Å². The highest BCUT2D eigenvalue weighted by molar-refractivity contribution is 5.62. The summed E-state index contributed by atoms with van der Waals surface area (Å²) < 4.78 is 43.0. The van der Waals surface area contributed by atoms with Crippen LogP contribution in [0.4, 0.5) is 30.5 Å². The third kappa shape index (κ3) is 3.82. The van der Waals surface area contributed by atoms with E-state index in [9.17, 15) is 13.2 Å². The summed E-state index contributed by atoms with van der Waals surface area (Å²) in [5.41, 5.74) is 6.76. The second-order valence-corrected chi connectivity index (χ2v) is 4.21. The van der Waals surface area contributed by atoms with Crippen molar-refractivity contribution in [3.63, 3.8) is 0 Å². The number of hydrogen-bond acceptors (Lipinski definition) is 5. The van der Waals surface area contributed by atoms with Gasteiger partial charge < -0.3 is 15.8 Å². The molecule has 8 heteroatoms. The number of nitrogens with two attached hydrogens (primary N) is 1. The number of rotatable bonds is 4. The van der Waals surface area contributed by atoms with Gasteiger partial charge >= 0.3 is 6.18 Å². The molecule has 0 saturated heterocycles. The second kappa shape index (κ2) is 5.96. The van der Waals surface area contributed by atoms with Crippen LogP contribution in [0.5, 0.6) is 0 Å². The summed E-state index contributed by atoms with van der Waals surface area (Å²) in [6.45, 7) is 0.315. The van der Waals surface area contributed by atoms with Crippen LogP contribution >= 0.6 is 0 Å². The Labute approximate surface area is 119 Å². The molecule has 0 fully saturated rings. The molecule has 21 heavy (non-hydrogen) atoms. The number of nitrogens with one attached hydrogen (secondary N) is 1. The largest absolute Gasteiger partial charge is 0.451 e. The molecule has 0 radical (unpaired) electrons. The van der Waals surface area contributed by atoms with Crippen LogP contribution in [0, 0.1) is 0 Å². The maximum atomic E-state index is 12.7. The van der Waals surface area contributed by atoms with Crippen LogP contribution in [0.2, 0.25) is 0 Å². The number of aromatic nitrogens is 2. The molecule has 0 atom stereocenters. The molecule has 2 aromatic rings. The van der Waals surface area contributed by atoms with Crippen LogP contribution < -0.4 is 11.1 Å². The van der Waals surface area contributed by atoms with Crippen molar-refractivity contribution < 1.29 is 17.9 Å². The predicted molar refractivity (Wildman–Crippen MR) is 71.9 cm³/mol. The molecule has 0 unspecified atom stereocenters. The number of hydrogen-bond donors (Lipinski definition) is 2. The second-order valence-electron chi connectivity index (χ2n) is 4.21. The number of para-hydroxylation sites is 1. The molecule has 3 N–H and O–H groups in total. The van der Waals surface area contributed by atoms with E-state index in [0.29, 0.717) is 12.3 Å². The zero-order chi connectivity index (χ0) is 15.5. The van der Waals surface area contributed by atoms with Crippen molar-refractivity contribution in [2.24, 2.45) is 0 Å². The number of halogens is 3. The van der Waals surface area contributed by atoms with Crippen LogP contribution in [0.1, 0.15) is 11.4 Å². The average Bonchev–Trinajstić information content (AvgIpc) is 2.40. The molecular formula is C13H13F3N4O. The van der Waals surface area contributed by atoms with Crippen LogP contribution in [-0.2, 0) is 17.5 Å². The number of nitrogen functional groups attached to an aromatic ring is 1. The van der Waals surface area contributed by atoms with Gasteiger partial charge in [0, 0.05) is 24.4 Å². The van der Waals surface area contributed by atoms with Crippen LogP contribution in [0.25, 0.3) is 0 Å². The Morgan fingerprint density at radius 1 is 1.24 bits per heavy atom. The third-order valence-corrected chi connectivity index (χ3v) is 2.58. The Kier molecular flexibility index (Phi) is 4.27. The van der Waals surface area contributed by atoms with Gasteiger partial charge in [0.1, 0.15) is 11.6 Å². The maximum Gasteiger partial charge on any atom is 0.451 e. The minimum atomic E-state index is -4.65. The van der Waals surface area contributed by atoms with Gasteiger partial charge in [-0.15, -0.1) is 0 Å². The Hall–Kier alpha value is -2.35. The summed E-state index contributed by atoms with van der Waals surface area (Å²) in [5, 5.41) is 2.80. The quantitative estimate of drug-likeness (QED) is 0.908. The van der Waals surface area contributed by atoms with E-state index in [1.54, 1.807) is 24.3 Å². The van der Waals surface area contributed by atoms with E-state index < -0.39 is 12.0 Å². The summed E-state index contributed by atoms with van der Waals surface area (Å²) in [4.78, 5) is 6.62. The lowest BCUT2D eigenvalue weighted by atomic mass is 10.2. The number of nitrogens with zero attached hydrogens (tertiary/aromatic N) is 2. The number of alkyl halides is 3. The standard InChI is InChI=1S/C13H13F3N4O/c1-21-7-8-4-2-3-5-9(8)18-11-6-10(17)19-12(20-11)13(14,15)16/h2-6H,7H2,1H3,(H3,17,18,19,20). The van der Waals surface area contributed by atoms with Crippen molar-refractivity contribution in [3.8, 4) is 0 Å². The maximum absolute atomic E-state index is 12.7. The first-order valence-corrected chi connectivity index (χ1v) is 5.96. The van der Waals surface area contributed by atoms with E-state index in [4.69, 9.17) is 10.5 Å². The Balaban J connectivity index is 2.34. The van der Waals surface area contributed by atoms with E-state index in [0.717, 1.165) is 5.56 Å². The first-order chi connectivity index (χ1) is 9.90. The minimum Gasteiger partial charge on any atom is -0.384 e. The van der Waals surface area contributed by atoms with Gasteiger partial charge in [0.25, 0.3) is 0 Å². The zero-order valence-corrected chi connectivity index (χ0v) is 11.1. The highest BCUT2D eigenvalue weighted by Crippen LogP contribution is 2.29. The van der Waals surface area contributed by atoms with Crippen LogP contribution in [0.3, 0.4) is 0 Å². The molecule has 112 valence electrons. The highest BCUT2D eigenvalue weighted by atomic mass is 19.4. The van der Waals surface area contributed by atoms with Crippen LogP contribution in [-0.4, -0.2) is 17.1 Å². The van der Waals surface area contributed by atoms with Crippen molar-refractivity contribution in [1.29, 1.82) is 0 Å². The summed E-state index contributed by atoms with van der Waals surface area (Å²) in [6, 6.07) is 8.28. The monoisotopic (exact) mass is 298 g/mol. The molecule has 0 spiro atoms. The fraction of sp³-hybridized carbons (Fsp3) is 0.231. The zero-order valence-electron chi connectivity index (χ0n) is 11.1. The Bertz CT molecular complexity index is 631. The summed E-state index contributed by atoms with van der Waals surface area (Å²) >= 11 is 0. The molecule has 5 nitrogen and oxygen atoms in total. The molecule has 2 rings (SSSR count). The van der Waals surface area contributed by atoms with Gasteiger partial charge in [-0.1, -0.05) is 18.2 Å². The molecule has 0 bridgehead atoms. The number of ether oxygens (including phenoxy) is 1. The van der Waals surface area contributed by atoms with Crippen molar-refractivity contribution >= 4 is 17.3 Å². The molecule has 0 amide bonds. The lowest BCUT2D eigenvalue weighted by Crippen LogP contribution is -2.13. The molecule has 0 aliphatic carbocycles. The van der Waals surface area contributed by atoms with Crippen molar-refractivity contribution in [3.05, 3.63) is 41.7 Å². The van der Waals surface area contributed by atoms with Crippen LogP contribution in [0.15, 0.2) is 30.3 Å². The molecular weight excluding hydrogens is 285 g/mol. The van der Waals surface area contributed by atoms with E-state index in [2.05, 4.69) is 15.3 Å². The Morgan fingerprint density at radius 2 is 1.95 bits per heavy atom. The fourth-order valence-electron chi connectivity index (χ4n) is 1.72. The SMILES string of the molecule is COCc1ccccc1Nc1cc(N)nc(C(F)(F)F)n1. The van der Waals surface area contributed by atoms with Gasteiger partial charge in [-0.25, -0.2) is 9.97 Å². The minimum absolute atomic E-state index is 0.0293. The number of methoxy groups -OCH3 is 1. The summed E-state index contributed by atoms with van der Waals surface area (Å²) in [7, 11) is 1.53. The Morgan fingerprint density at radius 3 is 2.62 bits per heavy atom. The molecule has 1 aromatic carbocycles. The fourth-order valence-corrected chi connectivity index (χ4v) is 1.72. The molecule has 1 aromatic heterocycles. The predicted octanol–water partition coefficient (Wildman–Crippen LogP) is 2.97. The van der Waals surface area contributed by atoms with Gasteiger partial charge in [-0.3, -0.25) is 0 Å². The topological polar surface area (TPSA) is 73.1 Å². The summed E-state index contributed by atoms with van der Waals surface area (Å²) in [6.07, 6.45) is -4.65. The van der Waals surface area contributed by atoms with Gasteiger partial charge in [-0.2, -0.15) is 13.2 Å². The highest BCUT2D eigenvalue weighted by Gasteiger charge is 2.35. The average molecular weight is 298 g/mol. The summed E-state index contributed by atoms with van der Waals surface area (Å²) in [5.74, 6) is -1.57. The van der Waals surface area contributed by atoms with E-state index >= 15 is 0 Å². The molecule has 0 saturated carbocycles. The van der Waals surface area contributed by atoms with E-state index in [-0.39, 0.29) is 11.6 Å². The van der Waals surface area contributed by atoms with Gasteiger partial charge in [0.05, 0.1) is 6.61 Å². The normalized spacial score (nSPS) is 11.4.